The standard InChI is InChI=1S/C30H33ClN2O6S/c1-7-36-23-15-19(14-21(31)27(23)37-8-2)16-24-28(34)33-26(20-12-10-11-13-22(20)39-17(4)5)25(29(35)38-9-3)18(6)32-30(33)40-24/h10-17,26H,7-9H2,1-6H3/b24-16+/t26-/m1/s1. The highest BCUT2D eigenvalue weighted by Crippen LogP contribution is 2.38. The fourth-order valence-electron chi connectivity index (χ4n) is 4.52. The van der Waals surface area contributed by atoms with Crippen LogP contribution in [-0.4, -0.2) is 36.5 Å². The van der Waals surface area contributed by atoms with E-state index in [2.05, 4.69) is 4.99 Å². The van der Waals surface area contributed by atoms with Crippen molar-refractivity contribution in [2.45, 2.75) is 53.7 Å². The van der Waals surface area contributed by atoms with E-state index in [1.807, 2.05) is 52.0 Å². The molecule has 0 saturated carbocycles. The van der Waals surface area contributed by atoms with Crippen LogP contribution >= 0.6 is 22.9 Å². The Bertz CT molecular complexity index is 1620. The van der Waals surface area contributed by atoms with Gasteiger partial charge < -0.3 is 18.9 Å². The van der Waals surface area contributed by atoms with Crippen molar-refractivity contribution in [2.24, 2.45) is 4.99 Å². The Hall–Kier alpha value is -3.56. The maximum atomic E-state index is 14.0. The molecule has 4 rings (SSSR count). The van der Waals surface area contributed by atoms with Crippen LogP contribution in [0.15, 0.2) is 57.5 Å². The van der Waals surface area contributed by atoms with Crippen LogP contribution in [0.4, 0.5) is 0 Å². The van der Waals surface area contributed by atoms with E-state index in [1.54, 1.807) is 32.1 Å². The van der Waals surface area contributed by atoms with Crippen molar-refractivity contribution in [2.75, 3.05) is 19.8 Å². The summed E-state index contributed by atoms with van der Waals surface area (Å²) in [5, 5.41) is 0.380. The Kier molecular flexibility index (Phi) is 9.37. The lowest BCUT2D eigenvalue weighted by molar-refractivity contribution is -0.139. The molecule has 0 bridgehead atoms. The first-order chi connectivity index (χ1) is 19.2. The molecule has 10 heteroatoms. The van der Waals surface area contributed by atoms with Crippen molar-refractivity contribution in [3.63, 3.8) is 0 Å². The fraction of sp³-hybridized carbons (Fsp3) is 0.367. The van der Waals surface area contributed by atoms with E-state index in [4.69, 9.17) is 30.5 Å². The number of para-hydroxylation sites is 1. The van der Waals surface area contributed by atoms with Gasteiger partial charge in [0.1, 0.15) is 11.8 Å². The Morgan fingerprint density at radius 3 is 2.50 bits per heavy atom. The van der Waals surface area contributed by atoms with E-state index in [1.165, 1.54) is 15.9 Å². The molecular formula is C30H33ClN2O6S. The average molecular weight is 585 g/mol. The van der Waals surface area contributed by atoms with Gasteiger partial charge in [0.25, 0.3) is 5.56 Å². The topological polar surface area (TPSA) is 88.4 Å². The number of fused-ring (bicyclic) bond motifs is 1. The van der Waals surface area contributed by atoms with Crippen molar-refractivity contribution >= 4 is 35.0 Å². The summed E-state index contributed by atoms with van der Waals surface area (Å²) >= 11 is 7.76. The molecule has 0 fully saturated rings. The second-order valence-electron chi connectivity index (χ2n) is 9.20. The molecule has 0 spiro atoms. The van der Waals surface area contributed by atoms with Crippen LogP contribution < -0.4 is 29.1 Å². The Labute approximate surface area is 242 Å². The molecule has 0 unspecified atom stereocenters. The molecule has 3 aromatic rings. The lowest BCUT2D eigenvalue weighted by Gasteiger charge is -2.26. The summed E-state index contributed by atoms with van der Waals surface area (Å²) in [5.74, 6) is 1.00. The molecule has 0 N–H and O–H groups in total. The summed E-state index contributed by atoms with van der Waals surface area (Å²) in [6, 6.07) is 10.1. The van der Waals surface area contributed by atoms with Gasteiger partial charge in [-0.05, 0) is 71.4 Å². The zero-order chi connectivity index (χ0) is 29.0. The number of halogens is 1. The minimum atomic E-state index is -0.782. The number of ether oxygens (including phenoxy) is 4. The largest absolute Gasteiger partial charge is 0.491 e. The third-order valence-corrected chi connectivity index (χ3v) is 7.28. The summed E-state index contributed by atoms with van der Waals surface area (Å²) in [7, 11) is 0. The predicted molar refractivity (Wildman–Crippen MR) is 156 cm³/mol. The number of allylic oxidation sites excluding steroid dienone is 1. The van der Waals surface area contributed by atoms with Crippen molar-refractivity contribution in [1.29, 1.82) is 0 Å². The number of nitrogens with zero attached hydrogens (tertiary/aromatic N) is 2. The Morgan fingerprint density at radius 1 is 1.10 bits per heavy atom. The molecule has 1 aromatic heterocycles. The number of aromatic nitrogens is 1. The highest BCUT2D eigenvalue weighted by atomic mass is 35.5. The van der Waals surface area contributed by atoms with Crippen LogP contribution in [0.2, 0.25) is 5.02 Å². The lowest BCUT2D eigenvalue weighted by atomic mass is 9.95. The minimum Gasteiger partial charge on any atom is -0.491 e. The Balaban J connectivity index is 1.95. The van der Waals surface area contributed by atoms with Gasteiger partial charge in [0.05, 0.1) is 46.7 Å². The highest BCUT2D eigenvalue weighted by molar-refractivity contribution is 7.07. The number of benzene rings is 2. The van der Waals surface area contributed by atoms with Crippen LogP contribution in [0, 0.1) is 0 Å². The van der Waals surface area contributed by atoms with Crippen LogP contribution in [0.25, 0.3) is 6.08 Å². The number of hydrogen-bond acceptors (Lipinski definition) is 8. The second kappa shape index (κ2) is 12.7. The SMILES string of the molecule is CCOC(=O)C1=C(C)N=c2s/c(=C/c3cc(Cl)c(OCC)c(OCC)c3)c(=O)n2[C@@H]1c1ccccc1OC(C)C. The molecule has 212 valence electrons. The summed E-state index contributed by atoms with van der Waals surface area (Å²) in [5.41, 5.74) is 1.82. The number of carbonyl (C=O) groups is 1. The molecule has 8 nitrogen and oxygen atoms in total. The first-order valence-electron chi connectivity index (χ1n) is 13.2. The Morgan fingerprint density at radius 2 is 1.82 bits per heavy atom. The van der Waals surface area contributed by atoms with E-state index >= 15 is 0 Å². The molecule has 1 aliphatic rings. The van der Waals surface area contributed by atoms with Crippen molar-refractivity contribution in [3.05, 3.63) is 83.5 Å². The van der Waals surface area contributed by atoms with E-state index in [-0.39, 0.29) is 18.3 Å². The summed E-state index contributed by atoms with van der Waals surface area (Å²) in [4.78, 5) is 32.4. The zero-order valence-electron chi connectivity index (χ0n) is 23.4. The first kappa shape index (κ1) is 29.4. The molecule has 1 aliphatic heterocycles. The van der Waals surface area contributed by atoms with E-state index < -0.39 is 12.0 Å². The monoisotopic (exact) mass is 584 g/mol. The van der Waals surface area contributed by atoms with E-state index in [0.29, 0.717) is 67.2 Å². The molecule has 0 aliphatic carbocycles. The van der Waals surface area contributed by atoms with E-state index in [0.717, 1.165) is 0 Å². The van der Waals surface area contributed by atoms with Crippen molar-refractivity contribution < 1.29 is 23.7 Å². The van der Waals surface area contributed by atoms with Gasteiger partial charge in [-0.1, -0.05) is 41.1 Å². The summed E-state index contributed by atoms with van der Waals surface area (Å²) in [6.45, 7) is 12.1. The van der Waals surface area contributed by atoms with Gasteiger partial charge in [-0.15, -0.1) is 0 Å². The maximum absolute atomic E-state index is 14.0. The molecule has 0 amide bonds. The van der Waals surface area contributed by atoms with Crippen molar-refractivity contribution in [3.8, 4) is 17.2 Å². The number of thiazole rings is 1. The van der Waals surface area contributed by atoms with Crippen LogP contribution in [0.1, 0.15) is 58.7 Å². The normalized spacial score (nSPS) is 15.1. The minimum absolute atomic E-state index is 0.114. The average Bonchev–Trinajstić information content (AvgIpc) is 3.19. The van der Waals surface area contributed by atoms with Gasteiger partial charge in [0.2, 0.25) is 0 Å². The summed E-state index contributed by atoms with van der Waals surface area (Å²) in [6.07, 6.45) is 1.63. The van der Waals surface area contributed by atoms with Crippen LogP contribution in [-0.2, 0) is 9.53 Å². The number of hydrogen-bond donors (Lipinski definition) is 0. The fourth-order valence-corrected chi connectivity index (χ4v) is 5.84. The quantitative estimate of drug-likeness (QED) is 0.310. The molecule has 40 heavy (non-hydrogen) atoms. The van der Waals surface area contributed by atoms with Crippen LogP contribution in [0.5, 0.6) is 17.2 Å². The number of esters is 1. The lowest BCUT2D eigenvalue weighted by Crippen LogP contribution is -2.40. The molecule has 0 radical (unpaired) electrons. The van der Waals surface area contributed by atoms with Crippen LogP contribution in [0.3, 0.4) is 0 Å². The predicted octanol–water partition coefficient (Wildman–Crippen LogP) is 5.04. The zero-order valence-corrected chi connectivity index (χ0v) is 25.0. The third-order valence-electron chi connectivity index (χ3n) is 6.01. The maximum Gasteiger partial charge on any atom is 0.338 e. The van der Waals surface area contributed by atoms with Gasteiger partial charge in [0.15, 0.2) is 16.3 Å². The van der Waals surface area contributed by atoms with Gasteiger partial charge >= 0.3 is 5.97 Å². The van der Waals surface area contributed by atoms with Gasteiger partial charge in [-0.25, -0.2) is 9.79 Å². The van der Waals surface area contributed by atoms with Gasteiger partial charge in [-0.3, -0.25) is 9.36 Å². The number of rotatable bonds is 10. The molecule has 1 atom stereocenters. The summed E-state index contributed by atoms with van der Waals surface area (Å²) < 4.78 is 24.9. The second-order valence-corrected chi connectivity index (χ2v) is 10.6. The number of carbonyl (C=O) groups excluding carboxylic acids is 1. The third kappa shape index (κ3) is 5.95. The molecule has 0 saturated heterocycles. The van der Waals surface area contributed by atoms with Gasteiger partial charge in [-0.2, -0.15) is 0 Å². The molecular weight excluding hydrogens is 552 g/mol. The smallest absolute Gasteiger partial charge is 0.338 e. The molecule has 2 aromatic carbocycles. The molecule has 2 heterocycles. The highest BCUT2D eigenvalue weighted by Gasteiger charge is 2.35. The van der Waals surface area contributed by atoms with Crippen molar-refractivity contribution in [1.82, 2.24) is 4.57 Å². The van der Waals surface area contributed by atoms with E-state index in [9.17, 15) is 9.59 Å². The van der Waals surface area contributed by atoms with Gasteiger partial charge in [0, 0.05) is 5.56 Å². The first-order valence-corrected chi connectivity index (χ1v) is 14.4.